The molecule has 4 rings (SSSR count). The summed E-state index contributed by atoms with van der Waals surface area (Å²) >= 11 is 0. The number of likely N-dealkylation sites (tertiary alicyclic amines) is 1. The molecule has 138 valence electrons. The van der Waals surface area contributed by atoms with Gasteiger partial charge in [0.15, 0.2) is 0 Å². The maximum atomic E-state index is 12.6. The minimum absolute atomic E-state index is 0.108. The molecule has 1 aliphatic rings. The molecule has 1 amide bonds. The fourth-order valence-electron chi connectivity index (χ4n) is 3.66. The van der Waals surface area contributed by atoms with E-state index in [2.05, 4.69) is 27.3 Å². The molecule has 0 bridgehead atoms. The predicted octanol–water partition coefficient (Wildman–Crippen LogP) is 4.86. The fourth-order valence-corrected chi connectivity index (χ4v) is 3.66. The number of anilines is 1. The average molecular weight is 359 g/mol. The number of pyridine rings is 1. The first kappa shape index (κ1) is 17.7. The van der Waals surface area contributed by atoms with E-state index in [1.165, 1.54) is 44.3 Å². The number of fused-ring (bicyclic) bond motifs is 1. The van der Waals surface area contributed by atoms with Crippen LogP contribution in [0.2, 0.25) is 0 Å². The molecular formula is C23H25N3O. The van der Waals surface area contributed by atoms with Crippen LogP contribution >= 0.6 is 0 Å². The van der Waals surface area contributed by atoms with Crippen molar-refractivity contribution in [2.45, 2.75) is 32.2 Å². The normalized spacial score (nSPS) is 15.4. The lowest BCUT2D eigenvalue weighted by molar-refractivity contribution is 0.102. The molecular weight excluding hydrogens is 334 g/mol. The number of benzene rings is 2. The quantitative estimate of drug-likeness (QED) is 0.723. The molecule has 0 unspecified atom stereocenters. The molecule has 0 atom stereocenters. The van der Waals surface area contributed by atoms with Crippen molar-refractivity contribution < 1.29 is 4.79 Å². The second kappa shape index (κ2) is 8.31. The number of nitrogens with zero attached hydrogens (tertiary/aromatic N) is 2. The van der Waals surface area contributed by atoms with Gasteiger partial charge >= 0.3 is 0 Å². The fraction of sp³-hybridized carbons (Fsp3) is 0.304. The van der Waals surface area contributed by atoms with Crippen LogP contribution in [0, 0.1) is 0 Å². The van der Waals surface area contributed by atoms with E-state index >= 15 is 0 Å². The van der Waals surface area contributed by atoms with Crippen LogP contribution in [0.5, 0.6) is 0 Å². The number of hydrogen-bond acceptors (Lipinski definition) is 3. The van der Waals surface area contributed by atoms with Crippen molar-refractivity contribution in [3.05, 3.63) is 71.9 Å². The molecule has 1 saturated heterocycles. The van der Waals surface area contributed by atoms with Crippen LogP contribution in [0.4, 0.5) is 5.69 Å². The molecule has 2 aromatic carbocycles. The van der Waals surface area contributed by atoms with E-state index in [1.807, 2.05) is 42.5 Å². The molecule has 2 heterocycles. The molecule has 3 aromatic rings. The third kappa shape index (κ3) is 4.52. The Morgan fingerprint density at radius 2 is 1.74 bits per heavy atom. The van der Waals surface area contributed by atoms with Crippen molar-refractivity contribution in [3.8, 4) is 0 Å². The predicted molar refractivity (Wildman–Crippen MR) is 110 cm³/mol. The number of carbonyl (C=O) groups is 1. The van der Waals surface area contributed by atoms with Crippen LogP contribution in [0.15, 0.2) is 60.8 Å². The van der Waals surface area contributed by atoms with Gasteiger partial charge in [0.05, 0.1) is 5.52 Å². The van der Waals surface area contributed by atoms with E-state index in [1.54, 1.807) is 6.20 Å². The monoisotopic (exact) mass is 359 g/mol. The maximum Gasteiger partial charge on any atom is 0.255 e. The maximum absolute atomic E-state index is 12.6. The summed E-state index contributed by atoms with van der Waals surface area (Å²) in [5, 5.41) is 4.02. The molecule has 27 heavy (non-hydrogen) atoms. The smallest absolute Gasteiger partial charge is 0.255 e. The summed E-state index contributed by atoms with van der Waals surface area (Å²) in [5.74, 6) is -0.108. The summed E-state index contributed by atoms with van der Waals surface area (Å²) in [6.45, 7) is 3.37. The lowest BCUT2D eigenvalue weighted by Gasteiger charge is -2.19. The van der Waals surface area contributed by atoms with Gasteiger partial charge in [0.2, 0.25) is 0 Å². The second-order valence-electron chi connectivity index (χ2n) is 7.25. The highest BCUT2D eigenvalue weighted by Gasteiger charge is 2.10. The van der Waals surface area contributed by atoms with E-state index in [0.717, 1.165) is 23.1 Å². The van der Waals surface area contributed by atoms with Gasteiger partial charge in [0, 0.05) is 29.4 Å². The average Bonchev–Trinajstić information content (AvgIpc) is 2.98. The van der Waals surface area contributed by atoms with Crippen LogP contribution in [-0.2, 0) is 6.54 Å². The van der Waals surface area contributed by atoms with Gasteiger partial charge in [-0.2, -0.15) is 0 Å². The van der Waals surface area contributed by atoms with Gasteiger partial charge in [-0.05, 0) is 61.8 Å². The number of aromatic nitrogens is 1. The number of amides is 1. The van der Waals surface area contributed by atoms with Crippen molar-refractivity contribution in [1.29, 1.82) is 0 Å². The first-order chi connectivity index (χ1) is 13.3. The number of nitrogens with one attached hydrogen (secondary N) is 1. The molecule has 0 radical (unpaired) electrons. The Morgan fingerprint density at radius 1 is 0.963 bits per heavy atom. The summed E-state index contributed by atoms with van der Waals surface area (Å²) in [5.41, 5.74) is 3.57. The van der Waals surface area contributed by atoms with Crippen molar-refractivity contribution in [1.82, 2.24) is 9.88 Å². The van der Waals surface area contributed by atoms with Crippen molar-refractivity contribution in [2.24, 2.45) is 0 Å². The molecule has 0 aliphatic carbocycles. The van der Waals surface area contributed by atoms with Crippen LogP contribution < -0.4 is 5.32 Å². The van der Waals surface area contributed by atoms with Crippen LogP contribution in [0.3, 0.4) is 0 Å². The first-order valence-electron chi connectivity index (χ1n) is 9.75. The highest BCUT2D eigenvalue weighted by molar-refractivity contribution is 6.06. The van der Waals surface area contributed by atoms with E-state index in [9.17, 15) is 4.79 Å². The van der Waals surface area contributed by atoms with Gasteiger partial charge in [0.25, 0.3) is 5.91 Å². The molecule has 1 aromatic heterocycles. The molecule has 1 fully saturated rings. The zero-order valence-electron chi connectivity index (χ0n) is 15.5. The summed E-state index contributed by atoms with van der Waals surface area (Å²) in [6.07, 6.45) is 7.05. The highest BCUT2D eigenvalue weighted by Crippen LogP contribution is 2.17. The Bertz CT molecular complexity index is 912. The largest absolute Gasteiger partial charge is 0.322 e. The topological polar surface area (TPSA) is 45.2 Å². The molecule has 0 saturated carbocycles. The van der Waals surface area contributed by atoms with Gasteiger partial charge in [0.1, 0.15) is 0 Å². The minimum atomic E-state index is -0.108. The third-order valence-electron chi connectivity index (χ3n) is 5.18. The Hall–Kier alpha value is -2.72. The zero-order chi connectivity index (χ0) is 18.5. The van der Waals surface area contributed by atoms with E-state index < -0.39 is 0 Å². The molecule has 0 spiro atoms. The summed E-state index contributed by atoms with van der Waals surface area (Å²) < 4.78 is 0. The van der Waals surface area contributed by atoms with Gasteiger partial charge in [-0.25, -0.2) is 0 Å². The van der Waals surface area contributed by atoms with Gasteiger partial charge < -0.3 is 5.32 Å². The van der Waals surface area contributed by atoms with E-state index in [-0.39, 0.29) is 5.91 Å². The standard InChI is InChI=1S/C23H25N3O/c27-23(20-10-9-19-6-5-13-24-22(19)16-20)25-21-11-7-18(8-12-21)17-26-14-3-1-2-4-15-26/h5-13,16H,1-4,14-15,17H2,(H,25,27). The third-order valence-corrected chi connectivity index (χ3v) is 5.18. The number of hydrogen-bond donors (Lipinski definition) is 1. The summed E-state index contributed by atoms with van der Waals surface area (Å²) in [6, 6.07) is 17.7. The van der Waals surface area contributed by atoms with Crippen LogP contribution in [0.25, 0.3) is 10.9 Å². The zero-order valence-corrected chi connectivity index (χ0v) is 15.5. The highest BCUT2D eigenvalue weighted by atomic mass is 16.1. The van der Waals surface area contributed by atoms with E-state index in [4.69, 9.17) is 0 Å². The van der Waals surface area contributed by atoms with E-state index in [0.29, 0.717) is 5.56 Å². The lowest BCUT2D eigenvalue weighted by atomic mass is 10.1. The number of carbonyl (C=O) groups excluding carboxylic acids is 1. The summed E-state index contributed by atoms with van der Waals surface area (Å²) in [7, 11) is 0. The first-order valence-corrected chi connectivity index (χ1v) is 9.75. The lowest BCUT2D eigenvalue weighted by Crippen LogP contribution is -2.23. The Balaban J connectivity index is 1.40. The van der Waals surface area contributed by atoms with Crippen molar-refractivity contribution in [2.75, 3.05) is 18.4 Å². The van der Waals surface area contributed by atoms with Gasteiger partial charge in [-0.15, -0.1) is 0 Å². The molecule has 4 heteroatoms. The Labute approximate surface area is 160 Å². The molecule has 1 aliphatic heterocycles. The summed E-state index contributed by atoms with van der Waals surface area (Å²) in [4.78, 5) is 19.4. The van der Waals surface area contributed by atoms with Crippen LogP contribution in [0.1, 0.15) is 41.6 Å². The minimum Gasteiger partial charge on any atom is -0.322 e. The Kier molecular flexibility index (Phi) is 5.45. The van der Waals surface area contributed by atoms with Crippen molar-refractivity contribution >= 4 is 22.5 Å². The second-order valence-corrected chi connectivity index (χ2v) is 7.25. The van der Waals surface area contributed by atoms with Crippen LogP contribution in [-0.4, -0.2) is 28.9 Å². The van der Waals surface area contributed by atoms with Gasteiger partial charge in [-0.3, -0.25) is 14.7 Å². The van der Waals surface area contributed by atoms with Gasteiger partial charge in [-0.1, -0.05) is 37.1 Å². The Morgan fingerprint density at radius 3 is 2.52 bits per heavy atom. The number of rotatable bonds is 4. The molecule has 4 nitrogen and oxygen atoms in total. The molecule has 1 N–H and O–H groups in total. The SMILES string of the molecule is O=C(Nc1ccc(CN2CCCCCC2)cc1)c1ccc2cccnc2c1. The van der Waals surface area contributed by atoms with Crippen molar-refractivity contribution in [3.63, 3.8) is 0 Å².